The van der Waals surface area contributed by atoms with Gasteiger partial charge >= 0.3 is 0 Å². The average molecular weight is 385 g/mol. The lowest BCUT2D eigenvalue weighted by Gasteiger charge is -2.36. The van der Waals surface area contributed by atoms with Crippen LogP contribution in [0.5, 0.6) is 0 Å². The molecule has 1 N–H and O–H groups in total. The monoisotopic (exact) mass is 384 g/mol. The number of hydrogen-bond acceptors (Lipinski definition) is 6. The van der Waals surface area contributed by atoms with Crippen molar-refractivity contribution in [2.75, 3.05) is 41.3 Å². The van der Waals surface area contributed by atoms with Crippen LogP contribution in [0.4, 0.5) is 27.5 Å². The molecule has 2 aromatic carbocycles. The minimum atomic E-state index is -0.191. The summed E-state index contributed by atoms with van der Waals surface area (Å²) >= 11 is 5.90. The number of aromatic nitrogens is 3. The molecule has 0 saturated carbocycles. The van der Waals surface area contributed by atoms with Crippen molar-refractivity contribution in [1.29, 1.82) is 0 Å². The second-order valence-electron chi connectivity index (χ2n) is 6.20. The van der Waals surface area contributed by atoms with Crippen molar-refractivity contribution in [1.82, 2.24) is 15.2 Å². The van der Waals surface area contributed by atoms with E-state index in [0.717, 1.165) is 24.6 Å². The summed E-state index contributed by atoms with van der Waals surface area (Å²) in [5.74, 6) is 0.977. The minimum absolute atomic E-state index is 0.191. The average Bonchev–Trinajstić information content (AvgIpc) is 2.71. The van der Waals surface area contributed by atoms with E-state index in [1.54, 1.807) is 24.4 Å². The van der Waals surface area contributed by atoms with Gasteiger partial charge in [-0.1, -0.05) is 23.7 Å². The highest BCUT2D eigenvalue weighted by Crippen LogP contribution is 2.22. The molecule has 0 bridgehead atoms. The Balaban J connectivity index is 1.42. The molecule has 1 saturated heterocycles. The SMILES string of the molecule is Fc1ccccc1N1CCN(c2cnnc(Nc3ccc(Cl)cc3)n2)CC1. The third-order valence-corrected chi connectivity index (χ3v) is 4.70. The van der Waals surface area contributed by atoms with E-state index in [-0.39, 0.29) is 5.82 Å². The molecular weight excluding hydrogens is 367 g/mol. The number of para-hydroxylation sites is 1. The molecule has 0 aliphatic carbocycles. The molecule has 4 rings (SSSR count). The van der Waals surface area contributed by atoms with E-state index in [1.165, 1.54) is 6.07 Å². The molecule has 1 aliphatic rings. The van der Waals surface area contributed by atoms with Crippen molar-refractivity contribution in [3.8, 4) is 0 Å². The number of rotatable bonds is 4. The summed E-state index contributed by atoms with van der Waals surface area (Å²) in [4.78, 5) is 8.72. The summed E-state index contributed by atoms with van der Waals surface area (Å²) in [6, 6.07) is 14.2. The van der Waals surface area contributed by atoms with Crippen molar-refractivity contribution < 1.29 is 4.39 Å². The van der Waals surface area contributed by atoms with E-state index in [2.05, 4.69) is 25.4 Å². The van der Waals surface area contributed by atoms with Crippen LogP contribution < -0.4 is 15.1 Å². The molecular formula is C19H18ClFN6. The van der Waals surface area contributed by atoms with E-state index >= 15 is 0 Å². The molecule has 6 nitrogen and oxygen atoms in total. The summed E-state index contributed by atoms with van der Waals surface area (Å²) in [6.45, 7) is 2.89. The molecule has 3 aromatic rings. The van der Waals surface area contributed by atoms with E-state index < -0.39 is 0 Å². The molecule has 8 heteroatoms. The topological polar surface area (TPSA) is 57.2 Å². The Bertz CT molecular complexity index is 912. The van der Waals surface area contributed by atoms with Gasteiger partial charge in [0.15, 0.2) is 5.82 Å². The highest BCUT2D eigenvalue weighted by Gasteiger charge is 2.20. The molecule has 1 aliphatic heterocycles. The molecule has 138 valence electrons. The number of piperazine rings is 1. The fourth-order valence-electron chi connectivity index (χ4n) is 3.05. The van der Waals surface area contributed by atoms with E-state index in [9.17, 15) is 4.39 Å². The Labute approximate surface area is 161 Å². The van der Waals surface area contributed by atoms with Gasteiger partial charge < -0.3 is 15.1 Å². The Hall–Kier alpha value is -2.93. The highest BCUT2D eigenvalue weighted by molar-refractivity contribution is 6.30. The zero-order valence-corrected chi connectivity index (χ0v) is 15.3. The number of anilines is 4. The first-order valence-electron chi connectivity index (χ1n) is 8.66. The van der Waals surface area contributed by atoms with Gasteiger partial charge in [-0.25, -0.2) is 4.39 Å². The van der Waals surface area contributed by atoms with Crippen LogP contribution >= 0.6 is 11.6 Å². The van der Waals surface area contributed by atoms with Crippen molar-refractivity contribution in [2.45, 2.75) is 0 Å². The predicted molar refractivity (Wildman–Crippen MR) is 105 cm³/mol. The summed E-state index contributed by atoms with van der Waals surface area (Å²) in [5.41, 5.74) is 1.48. The van der Waals surface area contributed by atoms with Gasteiger partial charge in [-0.2, -0.15) is 10.1 Å². The lowest BCUT2D eigenvalue weighted by molar-refractivity contribution is 0.595. The Morgan fingerprint density at radius 2 is 1.63 bits per heavy atom. The molecule has 27 heavy (non-hydrogen) atoms. The summed E-state index contributed by atoms with van der Waals surface area (Å²) in [7, 11) is 0. The van der Waals surface area contributed by atoms with E-state index in [1.807, 2.05) is 29.2 Å². The number of halogens is 2. The standard InChI is InChI=1S/C19H18ClFN6/c20-14-5-7-15(8-6-14)23-19-24-18(13-22-25-19)27-11-9-26(10-12-27)17-4-2-1-3-16(17)21/h1-8,13H,9-12H2,(H,23,24,25). The normalized spacial score (nSPS) is 14.3. The van der Waals surface area contributed by atoms with Crippen molar-refractivity contribution >= 4 is 34.7 Å². The van der Waals surface area contributed by atoms with Gasteiger partial charge in [0.1, 0.15) is 5.82 Å². The summed E-state index contributed by atoms with van der Waals surface area (Å²) < 4.78 is 14.0. The third kappa shape index (κ3) is 4.09. The maximum Gasteiger partial charge on any atom is 0.249 e. The number of benzene rings is 2. The second-order valence-corrected chi connectivity index (χ2v) is 6.63. The van der Waals surface area contributed by atoms with Crippen LogP contribution in [0.15, 0.2) is 54.7 Å². The number of nitrogens with zero attached hydrogens (tertiary/aromatic N) is 5. The molecule has 0 atom stereocenters. The quantitative estimate of drug-likeness (QED) is 0.739. The molecule has 2 heterocycles. The zero-order chi connectivity index (χ0) is 18.6. The van der Waals surface area contributed by atoms with E-state index in [4.69, 9.17) is 11.6 Å². The maximum atomic E-state index is 14.0. The Morgan fingerprint density at radius 1 is 0.926 bits per heavy atom. The van der Waals surface area contributed by atoms with Crippen LogP contribution in [-0.4, -0.2) is 41.4 Å². The van der Waals surface area contributed by atoms with Crippen LogP contribution in [0.1, 0.15) is 0 Å². The van der Waals surface area contributed by atoms with Crippen LogP contribution in [0.3, 0.4) is 0 Å². The van der Waals surface area contributed by atoms with Crippen molar-refractivity contribution in [2.24, 2.45) is 0 Å². The van der Waals surface area contributed by atoms with Gasteiger partial charge in [-0.05, 0) is 36.4 Å². The van der Waals surface area contributed by atoms with Gasteiger partial charge in [0, 0.05) is 36.9 Å². The van der Waals surface area contributed by atoms with Gasteiger partial charge in [0.25, 0.3) is 0 Å². The molecule has 0 unspecified atom stereocenters. The van der Waals surface area contributed by atoms with Gasteiger partial charge in [0.2, 0.25) is 5.95 Å². The van der Waals surface area contributed by atoms with Crippen molar-refractivity contribution in [3.63, 3.8) is 0 Å². The minimum Gasteiger partial charge on any atom is -0.366 e. The molecule has 0 radical (unpaired) electrons. The second kappa shape index (κ2) is 7.75. The summed E-state index contributed by atoms with van der Waals surface area (Å²) in [6.07, 6.45) is 1.64. The van der Waals surface area contributed by atoms with E-state index in [0.29, 0.717) is 29.7 Å². The molecule has 1 aromatic heterocycles. The number of nitrogens with one attached hydrogen (secondary N) is 1. The Morgan fingerprint density at radius 3 is 2.37 bits per heavy atom. The van der Waals surface area contributed by atoms with Crippen LogP contribution in [0, 0.1) is 5.82 Å². The maximum absolute atomic E-state index is 14.0. The first-order chi connectivity index (χ1) is 13.2. The van der Waals surface area contributed by atoms with Crippen LogP contribution in [0.25, 0.3) is 0 Å². The van der Waals surface area contributed by atoms with Crippen LogP contribution in [0.2, 0.25) is 5.02 Å². The lowest BCUT2D eigenvalue weighted by Crippen LogP contribution is -2.47. The first-order valence-corrected chi connectivity index (χ1v) is 9.03. The summed E-state index contributed by atoms with van der Waals surface area (Å²) in [5, 5.41) is 11.9. The van der Waals surface area contributed by atoms with Crippen molar-refractivity contribution in [3.05, 3.63) is 65.6 Å². The zero-order valence-electron chi connectivity index (χ0n) is 14.5. The number of hydrogen-bond donors (Lipinski definition) is 1. The smallest absolute Gasteiger partial charge is 0.249 e. The predicted octanol–water partition coefficient (Wildman–Crippen LogP) is 3.73. The van der Waals surface area contributed by atoms with Crippen LogP contribution in [-0.2, 0) is 0 Å². The molecule has 0 amide bonds. The molecule has 1 fully saturated rings. The van der Waals surface area contributed by atoms with Gasteiger partial charge in [-0.3, -0.25) is 0 Å². The lowest BCUT2D eigenvalue weighted by atomic mass is 10.2. The fraction of sp³-hybridized carbons (Fsp3) is 0.211. The fourth-order valence-corrected chi connectivity index (χ4v) is 3.17. The third-order valence-electron chi connectivity index (χ3n) is 4.44. The van der Waals surface area contributed by atoms with Gasteiger partial charge in [-0.15, -0.1) is 5.10 Å². The highest BCUT2D eigenvalue weighted by atomic mass is 35.5. The first kappa shape index (κ1) is 17.5. The Kier molecular flexibility index (Phi) is 5.02. The molecule has 0 spiro atoms. The van der Waals surface area contributed by atoms with Gasteiger partial charge in [0.05, 0.1) is 11.9 Å². The largest absolute Gasteiger partial charge is 0.366 e.